The number of carbonyl (C=O) groups excluding carboxylic acids is 1. The molecule has 1 amide bonds. The highest BCUT2D eigenvalue weighted by Gasteiger charge is 2.31. The van der Waals surface area contributed by atoms with Crippen LogP contribution in [0, 0.1) is 0 Å². The molecule has 24 heavy (non-hydrogen) atoms. The molecule has 124 valence electrons. The van der Waals surface area contributed by atoms with E-state index in [1.54, 1.807) is 29.2 Å². The molecule has 4 rings (SSSR count). The molecule has 2 aromatic rings. The van der Waals surface area contributed by atoms with Gasteiger partial charge in [-0.15, -0.1) is 0 Å². The molecule has 1 aromatic carbocycles. The second-order valence-corrected chi connectivity index (χ2v) is 6.80. The Balaban J connectivity index is 1.75. The predicted molar refractivity (Wildman–Crippen MR) is 92.3 cm³/mol. The Morgan fingerprint density at radius 2 is 2.12 bits per heavy atom. The number of rotatable bonds is 2. The summed E-state index contributed by atoms with van der Waals surface area (Å²) in [5.41, 5.74) is 1.65. The fourth-order valence-corrected chi connectivity index (χ4v) is 3.29. The first-order valence-electron chi connectivity index (χ1n) is 8.04. The van der Waals surface area contributed by atoms with Crippen molar-refractivity contribution in [2.24, 2.45) is 0 Å². The molecular weight excluding hydrogens is 328 g/mol. The van der Waals surface area contributed by atoms with Crippen LogP contribution in [0.15, 0.2) is 35.1 Å². The third-order valence-electron chi connectivity index (χ3n) is 4.37. The van der Waals surface area contributed by atoms with E-state index in [2.05, 4.69) is 4.98 Å². The van der Waals surface area contributed by atoms with Gasteiger partial charge in [0.25, 0.3) is 5.91 Å². The van der Waals surface area contributed by atoms with Gasteiger partial charge in [-0.25, -0.2) is 0 Å². The van der Waals surface area contributed by atoms with Gasteiger partial charge in [0.2, 0.25) is 5.56 Å². The molecule has 1 N–H and O–H groups in total. The summed E-state index contributed by atoms with van der Waals surface area (Å²) in [6.45, 7) is 2.30. The van der Waals surface area contributed by atoms with Crippen LogP contribution in [0.4, 0.5) is 5.69 Å². The number of fused-ring (bicyclic) bond motifs is 1. The number of carbonyl (C=O) groups is 1. The van der Waals surface area contributed by atoms with Gasteiger partial charge < -0.3 is 14.6 Å². The number of benzene rings is 1. The highest BCUT2D eigenvalue weighted by atomic mass is 35.5. The van der Waals surface area contributed by atoms with Crippen LogP contribution in [0.5, 0.6) is 5.75 Å². The molecular formula is C18H17ClN2O3. The van der Waals surface area contributed by atoms with Gasteiger partial charge in [-0.1, -0.05) is 17.7 Å². The Morgan fingerprint density at radius 1 is 1.33 bits per heavy atom. The zero-order valence-corrected chi connectivity index (χ0v) is 14.0. The van der Waals surface area contributed by atoms with Gasteiger partial charge >= 0.3 is 0 Å². The van der Waals surface area contributed by atoms with Gasteiger partial charge in [0.15, 0.2) is 5.75 Å². The van der Waals surface area contributed by atoms with Crippen LogP contribution in [0.3, 0.4) is 0 Å². The van der Waals surface area contributed by atoms with Crippen LogP contribution in [-0.2, 0) is 0 Å². The number of aromatic amines is 1. The van der Waals surface area contributed by atoms with Crippen LogP contribution < -0.4 is 15.2 Å². The SMILES string of the molecule is CC1CN(C(=O)c2cc(C3CC3)[nH]c(=O)c2)c2cccc(Cl)c2O1. The Morgan fingerprint density at radius 3 is 2.88 bits per heavy atom. The van der Waals surface area contributed by atoms with Crippen LogP contribution in [0.1, 0.15) is 41.7 Å². The van der Waals surface area contributed by atoms with Crippen LogP contribution in [-0.4, -0.2) is 23.5 Å². The monoisotopic (exact) mass is 344 g/mol. The highest BCUT2D eigenvalue weighted by molar-refractivity contribution is 6.32. The van der Waals surface area contributed by atoms with Gasteiger partial charge in [0.1, 0.15) is 6.10 Å². The average molecular weight is 345 g/mol. The smallest absolute Gasteiger partial charge is 0.258 e. The van der Waals surface area contributed by atoms with E-state index in [0.29, 0.717) is 34.5 Å². The van der Waals surface area contributed by atoms with Crippen molar-refractivity contribution in [2.45, 2.75) is 31.8 Å². The van der Waals surface area contributed by atoms with Crippen molar-refractivity contribution in [3.05, 3.63) is 57.0 Å². The first kappa shape index (κ1) is 15.3. The molecule has 1 unspecified atom stereocenters. The minimum absolute atomic E-state index is 0.175. The lowest BCUT2D eigenvalue weighted by atomic mass is 10.1. The maximum Gasteiger partial charge on any atom is 0.258 e. The number of anilines is 1. The number of para-hydroxylation sites is 1. The molecule has 2 aliphatic rings. The number of aromatic nitrogens is 1. The van der Waals surface area contributed by atoms with E-state index in [1.807, 2.05) is 6.92 Å². The zero-order valence-electron chi connectivity index (χ0n) is 13.2. The van der Waals surface area contributed by atoms with Crippen molar-refractivity contribution >= 4 is 23.2 Å². The van der Waals surface area contributed by atoms with E-state index in [4.69, 9.17) is 16.3 Å². The van der Waals surface area contributed by atoms with Gasteiger partial charge in [-0.05, 0) is 43.9 Å². The maximum absolute atomic E-state index is 13.0. The topological polar surface area (TPSA) is 62.4 Å². The molecule has 1 aliphatic carbocycles. The normalized spacial score (nSPS) is 19.6. The fraction of sp³-hybridized carbons (Fsp3) is 0.333. The number of nitrogens with zero attached hydrogens (tertiary/aromatic N) is 1. The van der Waals surface area contributed by atoms with E-state index >= 15 is 0 Å². The Kier molecular flexibility index (Phi) is 3.61. The zero-order chi connectivity index (χ0) is 16.8. The van der Waals surface area contributed by atoms with E-state index in [9.17, 15) is 9.59 Å². The molecule has 0 spiro atoms. The molecule has 1 aliphatic heterocycles. The third kappa shape index (κ3) is 2.69. The summed E-state index contributed by atoms with van der Waals surface area (Å²) in [6.07, 6.45) is 1.94. The fourth-order valence-electron chi connectivity index (χ4n) is 3.07. The largest absolute Gasteiger partial charge is 0.485 e. The summed E-state index contributed by atoms with van der Waals surface area (Å²) in [5, 5.41) is 0.474. The first-order chi connectivity index (χ1) is 11.5. The van der Waals surface area contributed by atoms with Crippen LogP contribution >= 0.6 is 11.6 Å². The number of H-pyrrole nitrogens is 1. The van der Waals surface area contributed by atoms with Crippen molar-refractivity contribution in [3.63, 3.8) is 0 Å². The first-order valence-corrected chi connectivity index (χ1v) is 8.42. The van der Waals surface area contributed by atoms with Gasteiger partial charge in [-0.3, -0.25) is 9.59 Å². The quantitative estimate of drug-likeness (QED) is 0.908. The molecule has 1 atom stereocenters. The number of ether oxygens (including phenoxy) is 1. The molecule has 6 heteroatoms. The predicted octanol–water partition coefficient (Wildman–Crippen LogP) is 3.33. The van der Waals surface area contributed by atoms with E-state index in [1.165, 1.54) is 6.07 Å². The molecule has 5 nitrogen and oxygen atoms in total. The van der Waals surface area contributed by atoms with Gasteiger partial charge in [0.05, 0.1) is 17.3 Å². The summed E-state index contributed by atoms with van der Waals surface area (Å²) < 4.78 is 5.78. The highest BCUT2D eigenvalue weighted by Crippen LogP contribution is 2.41. The number of hydrogen-bond acceptors (Lipinski definition) is 3. The minimum Gasteiger partial charge on any atom is -0.485 e. The number of pyridine rings is 1. The second kappa shape index (κ2) is 5.67. The van der Waals surface area contributed by atoms with Crippen molar-refractivity contribution in [2.75, 3.05) is 11.4 Å². The number of nitrogens with one attached hydrogen (secondary N) is 1. The lowest BCUT2D eigenvalue weighted by molar-refractivity contribution is 0.0961. The minimum atomic E-state index is -0.240. The standard InChI is InChI=1S/C18H17ClN2O3/c1-10-9-21(15-4-2-3-13(19)17(15)24-10)18(23)12-7-14(11-5-6-11)20-16(22)8-12/h2-4,7-8,10-11H,5-6,9H2,1H3,(H,20,22). The van der Waals surface area contributed by atoms with Gasteiger partial charge in [0, 0.05) is 17.3 Å². The molecule has 1 fully saturated rings. The molecule has 0 bridgehead atoms. The van der Waals surface area contributed by atoms with Crippen LogP contribution in [0.25, 0.3) is 0 Å². The Hall–Kier alpha value is -2.27. The number of halogens is 1. The Labute approximate surface area is 144 Å². The summed E-state index contributed by atoms with van der Waals surface area (Å²) >= 11 is 6.21. The molecule has 0 radical (unpaired) electrons. The van der Waals surface area contributed by atoms with Crippen LogP contribution in [0.2, 0.25) is 5.02 Å². The molecule has 2 heterocycles. The Bertz CT molecular complexity index is 873. The molecule has 1 saturated carbocycles. The summed E-state index contributed by atoms with van der Waals surface area (Å²) in [6, 6.07) is 8.48. The number of hydrogen-bond donors (Lipinski definition) is 1. The second-order valence-electron chi connectivity index (χ2n) is 6.40. The van der Waals surface area contributed by atoms with E-state index in [0.717, 1.165) is 18.5 Å². The van der Waals surface area contributed by atoms with E-state index < -0.39 is 0 Å². The van der Waals surface area contributed by atoms with Gasteiger partial charge in [-0.2, -0.15) is 0 Å². The third-order valence-corrected chi connectivity index (χ3v) is 4.67. The lowest BCUT2D eigenvalue weighted by Gasteiger charge is -2.34. The summed E-state index contributed by atoms with van der Waals surface area (Å²) in [7, 11) is 0. The summed E-state index contributed by atoms with van der Waals surface area (Å²) in [5.74, 6) is 0.677. The average Bonchev–Trinajstić information content (AvgIpc) is 3.39. The van der Waals surface area contributed by atoms with Crippen molar-refractivity contribution in [3.8, 4) is 5.75 Å². The molecule has 0 saturated heterocycles. The van der Waals surface area contributed by atoms with Crippen molar-refractivity contribution in [1.29, 1.82) is 0 Å². The van der Waals surface area contributed by atoms with Crippen molar-refractivity contribution in [1.82, 2.24) is 4.98 Å². The van der Waals surface area contributed by atoms with E-state index in [-0.39, 0.29) is 17.6 Å². The molecule has 1 aromatic heterocycles. The lowest BCUT2D eigenvalue weighted by Crippen LogP contribution is -2.42. The van der Waals surface area contributed by atoms with Crippen molar-refractivity contribution < 1.29 is 9.53 Å². The number of amides is 1. The summed E-state index contributed by atoms with van der Waals surface area (Å²) in [4.78, 5) is 29.4. The maximum atomic E-state index is 13.0.